The third kappa shape index (κ3) is 5.92. The van der Waals surface area contributed by atoms with Crippen LogP contribution in [0.15, 0.2) is 50.9 Å². The SMILES string of the molecule is Cc1cc(=O)c2cc3c(c(CCO)c2o1)OC(C)(C)C(OOCC(O)C(O)(C[NH+]1C=CC2=NC=CC21)C(O)C(O)CO)C3. The molecule has 7 unspecified atom stereocenters. The molecule has 0 amide bonds. The second-order valence-electron chi connectivity index (χ2n) is 11.9. The third-order valence-electron chi connectivity index (χ3n) is 8.40. The average molecular weight is 604 g/mol. The molecule has 1 aromatic carbocycles. The van der Waals surface area contributed by atoms with Gasteiger partial charge >= 0.3 is 0 Å². The quantitative estimate of drug-likeness (QED) is 0.107. The Balaban J connectivity index is 1.33. The number of aliphatic hydroxyl groups is 6. The molecule has 234 valence electrons. The van der Waals surface area contributed by atoms with E-state index in [1.54, 1.807) is 45.3 Å². The third-order valence-corrected chi connectivity index (χ3v) is 8.40. The standard InChI is InChI=1S/C30H38N2O11/c1-16-10-22(35)19-11-17-12-25(29(2,3)42-26(17)18(6-9-33)27(19)41-16)43-40-14-24(37)30(39,28(38)23(36)13-34)15-32-8-5-20-21(32)4-7-31-20/h4-5,7-8,10-11,21,23-25,28,33-34,36-39H,6,9,12-15H2,1-3H3/p+1. The Labute approximate surface area is 247 Å². The van der Waals surface area contributed by atoms with Gasteiger partial charge in [-0.3, -0.25) is 14.7 Å². The zero-order chi connectivity index (χ0) is 31.1. The van der Waals surface area contributed by atoms with E-state index in [0.717, 1.165) is 5.71 Å². The summed E-state index contributed by atoms with van der Waals surface area (Å²) in [4.78, 5) is 28.8. The van der Waals surface area contributed by atoms with E-state index >= 15 is 0 Å². The van der Waals surface area contributed by atoms with Gasteiger partial charge in [0.25, 0.3) is 0 Å². The fraction of sp³-hybridized carbons (Fsp3) is 0.533. The maximum Gasteiger partial charge on any atom is 0.192 e. The number of aliphatic hydroxyl groups excluding tert-OH is 5. The molecular weight excluding hydrogens is 564 g/mol. The van der Waals surface area contributed by atoms with Crippen molar-refractivity contribution >= 4 is 16.7 Å². The number of nitrogens with one attached hydrogen (secondary N) is 1. The van der Waals surface area contributed by atoms with Crippen molar-refractivity contribution in [2.45, 2.75) is 75.3 Å². The van der Waals surface area contributed by atoms with Crippen LogP contribution in [0.5, 0.6) is 5.75 Å². The van der Waals surface area contributed by atoms with Gasteiger partial charge in [0.05, 0.1) is 18.2 Å². The van der Waals surface area contributed by atoms with E-state index in [1.165, 1.54) is 6.07 Å². The molecule has 0 radical (unpaired) electrons. The molecule has 7 atom stereocenters. The van der Waals surface area contributed by atoms with Crippen LogP contribution < -0.4 is 15.1 Å². The number of benzene rings is 1. The highest BCUT2D eigenvalue weighted by Gasteiger charge is 2.51. The van der Waals surface area contributed by atoms with E-state index in [2.05, 4.69) is 4.99 Å². The van der Waals surface area contributed by atoms with Gasteiger partial charge in [-0.15, -0.1) is 0 Å². The van der Waals surface area contributed by atoms with E-state index < -0.39 is 48.8 Å². The molecule has 2 aromatic rings. The predicted octanol–water partition coefficient (Wildman–Crippen LogP) is -1.78. The van der Waals surface area contributed by atoms with Crippen LogP contribution in [-0.2, 0) is 22.6 Å². The van der Waals surface area contributed by atoms with Gasteiger partial charge in [0, 0.05) is 43.4 Å². The molecule has 0 aliphatic carbocycles. The molecule has 13 heteroatoms. The summed E-state index contributed by atoms with van der Waals surface area (Å²) in [5, 5.41) is 63.0. The summed E-state index contributed by atoms with van der Waals surface area (Å²) in [6.07, 6.45) is 1.26. The first-order valence-corrected chi connectivity index (χ1v) is 14.2. The van der Waals surface area contributed by atoms with Gasteiger partial charge in [0.1, 0.15) is 66.0 Å². The van der Waals surface area contributed by atoms with Crippen LogP contribution in [0.1, 0.15) is 30.7 Å². The first kappa shape index (κ1) is 31.4. The minimum Gasteiger partial charge on any atom is -0.484 e. The van der Waals surface area contributed by atoms with Gasteiger partial charge in [-0.25, -0.2) is 9.78 Å². The van der Waals surface area contributed by atoms with Crippen molar-refractivity contribution in [3.63, 3.8) is 0 Å². The largest absolute Gasteiger partial charge is 0.484 e. The van der Waals surface area contributed by atoms with Crippen LogP contribution >= 0.6 is 0 Å². The van der Waals surface area contributed by atoms with Crippen LogP contribution in [0.4, 0.5) is 0 Å². The molecule has 0 saturated carbocycles. The van der Waals surface area contributed by atoms with Gasteiger partial charge < -0.3 is 39.8 Å². The van der Waals surface area contributed by atoms with Crippen molar-refractivity contribution in [3.05, 3.63) is 63.8 Å². The van der Waals surface area contributed by atoms with Crippen molar-refractivity contribution in [3.8, 4) is 5.75 Å². The molecule has 1 aromatic heterocycles. The van der Waals surface area contributed by atoms with E-state index in [-0.39, 0.29) is 37.5 Å². The molecule has 0 saturated heterocycles. The maximum atomic E-state index is 12.8. The Kier molecular flexibility index (Phi) is 8.91. The molecule has 0 spiro atoms. The fourth-order valence-electron chi connectivity index (χ4n) is 5.89. The van der Waals surface area contributed by atoms with E-state index in [0.29, 0.717) is 38.5 Å². The summed E-state index contributed by atoms with van der Waals surface area (Å²) in [7, 11) is 0. The second kappa shape index (κ2) is 12.2. The maximum absolute atomic E-state index is 12.8. The minimum absolute atomic E-state index is 0.187. The van der Waals surface area contributed by atoms with Crippen LogP contribution in [0, 0.1) is 6.92 Å². The Morgan fingerprint density at radius 1 is 1.23 bits per heavy atom. The monoisotopic (exact) mass is 603 g/mol. The first-order valence-electron chi connectivity index (χ1n) is 14.2. The molecule has 0 fully saturated rings. The van der Waals surface area contributed by atoms with Crippen molar-refractivity contribution in [1.82, 2.24) is 0 Å². The molecule has 13 nitrogen and oxygen atoms in total. The summed E-state index contributed by atoms with van der Waals surface area (Å²) in [6, 6.07) is 2.83. The smallest absolute Gasteiger partial charge is 0.192 e. The van der Waals surface area contributed by atoms with Crippen molar-refractivity contribution < 1.29 is 54.5 Å². The number of hydrogen-bond donors (Lipinski definition) is 7. The van der Waals surface area contributed by atoms with Crippen molar-refractivity contribution in [2.75, 3.05) is 26.4 Å². The van der Waals surface area contributed by atoms with Crippen LogP contribution in [-0.4, -0.2) is 104 Å². The average Bonchev–Trinajstić information content (AvgIpc) is 3.58. The summed E-state index contributed by atoms with van der Waals surface area (Å²) < 4.78 is 12.2. The van der Waals surface area contributed by atoms with Gasteiger partial charge in [0.15, 0.2) is 17.1 Å². The molecule has 43 heavy (non-hydrogen) atoms. The zero-order valence-corrected chi connectivity index (χ0v) is 24.3. The predicted molar refractivity (Wildman–Crippen MR) is 153 cm³/mol. The minimum atomic E-state index is -2.31. The van der Waals surface area contributed by atoms with Crippen LogP contribution in [0.25, 0.3) is 11.0 Å². The van der Waals surface area contributed by atoms with Gasteiger partial charge in [-0.1, -0.05) is 0 Å². The van der Waals surface area contributed by atoms with Crippen LogP contribution in [0.3, 0.4) is 0 Å². The highest BCUT2D eigenvalue weighted by atomic mass is 17.2. The molecule has 7 N–H and O–H groups in total. The molecule has 0 bridgehead atoms. The summed E-state index contributed by atoms with van der Waals surface area (Å²) in [5.41, 5.74) is -1.19. The van der Waals surface area contributed by atoms with Crippen molar-refractivity contribution in [2.24, 2.45) is 4.99 Å². The Morgan fingerprint density at radius 3 is 2.72 bits per heavy atom. The highest BCUT2D eigenvalue weighted by Crippen LogP contribution is 2.41. The van der Waals surface area contributed by atoms with E-state index in [4.69, 9.17) is 18.9 Å². The summed E-state index contributed by atoms with van der Waals surface area (Å²) in [5.74, 6) is 0.924. The Morgan fingerprint density at radius 2 is 2.00 bits per heavy atom. The topological polar surface area (TPSA) is 196 Å². The molecule has 5 rings (SSSR count). The number of hydrogen-bond acceptors (Lipinski definition) is 12. The zero-order valence-electron chi connectivity index (χ0n) is 24.3. The Bertz CT molecular complexity index is 1500. The molecular formula is C30H39N2O11+. The van der Waals surface area contributed by atoms with Gasteiger partial charge in [-0.2, -0.15) is 0 Å². The summed E-state index contributed by atoms with van der Waals surface area (Å²) in [6.45, 7) is 3.35. The number of quaternary nitrogens is 1. The number of aryl methyl sites for hydroxylation is 1. The lowest BCUT2D eigenvalue weighted by Gasteiger charge is -2.41. The number of aliphatic imine (C=N–C) groups is 1. The first-order chi connectivity index (χ1) is 20.4. The normalized spacial score (nSPS) is 25.5. The fourth-order valence-corrected chi connectivity index (χ4v) is 5.89. The lowest BCUT2D eigenvalue weighted by Crippen LogP contribution is -3.13. The van der Waals surface area contributed by atoms with Crippen LogP contribution in [0.2, 0.25) is 0 Å². The number of ether oxygens (including phenoxy) is 1. The lowest BCUT2D eigenvalue weighted by atomic mass is 9.86. The van der Waals surface area contributed by atoms with Gasteiger partial charge in [0.2, 0.25) is 0 Å². The van der Waals surface area contributed by atoms with E-state index in [1.807, 2.05) is 6.08 Å². The van der Waals surface area contributed by atoms with Crippen molar-refractivity contribution in [1.29, 1.82) is 0 Å². The van der Waals surface area contributed by atoms with Gasteiger partial charge in [-0.05, 0) is 38.5 Å². The number of rotatable bonds is 12. The molecule has 3 aliphatic rings. The molecule has 3 aliphatic heterocycles. The number of nitrogens with zero attached hydrogens (tertiary/aromatic N) is 1. The second-order valence-corrected chi connectivity index (χ2v) is 11.9. The Hall–Kier alpha value is -2.98. The number of fused-ring (bicyclic) bond motifs is 3. The van der Waals surface area contributed by atoms with E-state index in [9.17, 15) is 35.4 Å². The highest BCUT2D eigenvalue weighted by molar-refractivity contribution is 6.02. The molecule has 4 heterocycles. The summed E-state index contributed by atoms with van der Waals surface area (Å²) >= 11 is 0. The lowest BCUT2D eigenvalue weighted by molar-refractivity contribution is -0.861.